The van der Waals surface area contributed by atoms with E-state index < -0.39 is 11.4 Å². The Balaban J connectivity index is 1.49. The number of aromatic nitrogens is 3. The topological polar surface area (TPSA) is 101 Å². The Morgan fingerprint density at radius 2 is 2.24 bits per heavy atom. The second kappa shape index (κ2) is 7.05. The van der Waals surface area contributed by atoms with Crippen LogP contribution in [0.25, 0.3) is 11.0 Å². The summed E-state index contributed by atoms with van der Waals surface area (Å²) in [6.07, 6.45) is 4.11. The molecule has 3 aromatic rings. The van der Waals surface area contributed by atoms with Crippen molar-refractivity contribution in [3.05, 3.63) is 48.2 Å². The minimum absolute atomic E-state index is 0.0596. The van der Waals surface area contributed by atoms with E-state index in [1.165, 1.54) is 18.5 Å². The number of carbonyl (C=O) groups is 1. The molecule has 1 unspecified atom stereocenters. The van der Waals surface area contributed by atoms with Gasteiger partial charge in [-0.2, -0.15) is 5.26 Å². The highest BCUT2D eigenvalue weighted by molar-refractivity contribution is 5.90. The summed E-state index contributed by atoms with van der Waals surface area (Å²) in [6.45, 7) is 3.37. The zero-order chi connectivity index (χ0) is 20.6. The zero-order valence-corrected chi connectivity index (χ0v) is 16.1. The van der Waals surface area contributed by atoms with E-state index in [-0.39, 0.29) is 11.6 Å². The van der Waals surface area contributed by atoms with Crippen molar-refractivity contribution in [2.75, 3.05) is 30.4 Å². The quantitative estimate of drug-likeness (QED) is 0.712. The molecule has 1 aliphatic heterocycles. The molecule has 29 heavy (non-hydrogen) atoms. The van der Waals surface area contributed by atoms with Crippen molar-refractivity contribution in [3.63, 3.8) is 0 Å². The molecule has 2 amide bonds. The third-order valence-corrected chi connectivity index (χ3v) is 5.54. The molecule has 8 nitrogen and oxygen atoms in total. The van der Waals surface area contributed by atoms with Crippen LogP contribution in [0, 0.1) is 17.1 Å². The number of nitriles is 1. The van der Waals surface area contributed by atoms with Gasteiger partial charge in [0.05, 0.1) is 16.5 Å². The minimum Gasteiger partial charge on any atom is -0.354 e. The number of halogens is 1. The van der Waals surface area contributed by atoms with Crippen LogP contribution in [0.1, 0.15) is 18.9 Å². The van der Waals surface area contributed by atoms with Gasteiger partial charge in [0.15, 0.2) is 0 Å². The number of urea groups is 1. The van der Waals surface area contributed by atoms with Crippen molar-refractivity contribution in [1.29, 1.82) is 5.26 Å². The summed E-state index contributed by atoms with van der Waals surface area (Å²) >= 11 is 0. The highest BCUT2D eigenvalue weighted by Crippen LogP contribution is 2.32. The summed E-state index contributed by atoms with van der Waals surface area (Å²) in [5, 5.41) is 12.5. The first kappa shape index (κ1) is 18.7. The number of rotatable bonds is 3. The normalized spacial score (nSPS) is 18.6. The summed E-state index contributed by atoms with van der Waals surface area (Å²) in [5.74, 6) is 0.174. The number of carbonyl (C=O) groups excluding carboxylic acids is 1. The van der Waals surface area contributed by atoms with Crippen LogP contribution in [0.5, 0.6) is 0 Å². The SMILES string of the molecule is CN(C(=O)Nc1ccc(C#N)c(F)c1)C1(C)CCN(c2ncnc3[nH]ccc23)C1. The number of fused-ring (bicyclic) bond motifs is 1. The molecular weight excluding hydrogens is 373 g/mol. The van der Waals surface area contributed by atoms with Crippen molar-refractivity contribution in [2.24, 2.45) is 0 Å². The number of hydrogen-bond acceptors (Lipinski definition) is 5. The fourth-order valence-electron chi connectivity index (χ4n) is 3.65. The molecule has 0 saturated carbocycles. The van der Waals surface area contributed by atoms with E-state index in [2.05, 4.69) is 25.2 Å². The third kappa shape index (κ3) is 3.33. The van der Waals surface area contributed by atoms with Gasteiger partial charge in [0.25, 0.3) is 0 Å². The number of hydrogen-bond donors (Lipinski definition) is 2. The lowest BCUT2D eigenvalue weighted by atomic mass is 10.00. The molecule has 0 spiro atoms. The molecule has 0 radical (unpaired) electrons. The monoisotopic (exact) mass is 393 g/mol. The van der Waals surface area contributed by atoms with Gasteiger partial charge in [0.2, 0.25) is 0 Å². The molecule has 1 fully saturated rings. The largest absolute Gasteiger partial charge is 0.354 e. The van der Waals surface area contributed by atoms with Gasteiger partial charge >= 0.3 is 6.03 Å². The molecule has 1 aromatic carbocycles. The van der Waals surface area contributed by atoms with Crippen LogP contribution in [-0.4, -0.2) is 51.6 Å². The average Bonchev–Trinajstić information content (AvgIpc) is 3.34. The number of H-pyrrole nitrogens is 1. The number of benzene rings is 1. The maximum atomic E-state index is 13.8. The Morgan fingerprint density at radius 3 is 3.00 bits per heavy atom. The maximum absolute atomic E-state index is 13.8. The smallest absolute Gasteiger partial charge is 0.322 e. The van der Waals surface area contributed by atoms with E-state index in [1.54, 1.807) is 18.0 Å². The number of aromatic amines is 1. The number of anilines is 2. The summed E-state index contributed by atoms with van der Waals surface area (Å²) < 4.78 is 13.8. The summed E-state index contributed by atoms with van der Waals surface area (Å²) in [4.78, 5) is 28.3. The number of nitrogens with one attached hydrogen (secondary N) is 2. The molecule has 1 atom stereocenters. The van der Waals surface area contributed by atoms with Gasteiger partial charge in [-0.05, 0) is 37.6 Å². The second-order valence-electron chi connectivity index (χ2n) is 7.40. The van der Waals surface area contributed by atoms with Crippen molar-refractivity contribution in [3.8, 4) is 6.07 Å². The second-order valence-corrected chi connectivity index (χ2v) is 7.40. The Morgan fingerprint density at radius 1 is 1.41 bits per heavy atom. The van der Waals surface area contributed by atoms with Crippen LogP contribution < -0.4 is 10.2 Å². The van der Waals surface area contributed by atoms with Gasteiger partial charge in [0.1, 0.15) is 29.7 Å². The molecule has 4 rings (SSSR count). The molecule has 0 aliphatic carbocycles. The molecule has 148 valence electrons. The van der Waals surface area contributed by atoms with Gasteiger partial charge in [-0.1, -0.05) is 0 Å². The highest BCUT2D eigenvalue weighted by Gasteiger charge is 2.40. The Hall–Kier alpha value is -3.67. The van der Waals surface area contributed by atoms with E-state index in [0.29, 0.717) is 12.2 Å². The predicted molar refractivity (Wildman–Crippen MR) is 107 cm³/mol. The fourth-order valence-corrected chi connectivity index (χ4v) is 3.65. The van der Waals surface area contributed by atoms with Crippen LogP contribution in [0.15, 0.2) is 36.8 Å². The molecular formula is C20H20FN7O. The lowest BCUT2D eigenvalue weighted by molar-refractivity contribution is 0.169. The first-order valence-electron chi connectivity index (χ1n) is 9.19. The van der Waals surface area contributed by atoms with E-state index in [4.69, 9.17) is 5.26 Å². The summed E-state index contributed by atoms with van der Waals surface area (Å²) in [7, 11) is 1.73. The lowest BCUT2D eigenvalue weighted by Gasteiger charge is -2.35. The van der Waals surface area contributed by atoms with Crippen molar-refractivity contribution < 1.29 is 9.18 Å². The first-order chi connectivity index (χ1) is 13.9. The van der Waals surface area contributed by atoms with E-state index in [0.717, 1.165) is 35.9 Å². The van der Waals surface area contributed by atoms with Crippen molar-refractivity contribution >= 4 is 28.6 Å². The van der Waals surface area contributed by atoms with Crippen molar-refractivity contribution in [2.45, 2.75) is 18.9 Å². The average molecular weight is 393 g/mol. The molecule has 0 bridgehead atoms. The third-order valence-electron chi connectivity index (χ3n) is 5.54. The molecule has 1 saturated heterocycles. The van der Waals surface area contributed by atoms with Crippen LogP contribution >= 0.6 is 0 Å². The molecule has 1 aliphatic rings. The van der Waals surface area contributed by atoms with E-state index in [1.807, 2.05) is 19.2 Å². The van der Waals surface area contributed by atoms with E-state index >= 15 is 0 Å². The van der Waals surface area contributed by atoms with Gasteiger partial charge in [-0.15, -0.1) is 0 Å². The fraction of sp³-hybridized carbons (Fsp3) is 0.300. The van der Waals surface area contributed by atoms with Crippen LogP contribution in [0.3, 0.4) is 0 Å². The van der Waals surface area contributed by atoms with Gasteiger partial charge < -0.3 is 20.1 Å². The Labute approximate surface area is 167 Å². The number of nitrogens with zero attached hydrogens (tertiary/aromatic N) is 5. The number of likely N-dealkylation sites (N-methyl/N-ethyl adjacent to an activating group) is 1. The van der Waals surface area contributed by atoms with Gasteiger partial charge in [0, 0.05) is 32.0 Å². The maximum Gasteiger partial charge on any atom is 0.322 e. The zero-order valence-electron chi connectivity index (χ0n) is 16.1. The predicted octanol–water partition coefficient (Wildman–Crippen LogP) is 3.10. The van der Waals surface area contributed by atoms with Crippen LogP contribution in [0.4, 0.5) is 20.7 Å². The van der Waals surface area contributed by atoms with Crippen LogP contribution in [-0.2, 0) is 0 Å². The van der Waals surface area contributed by atoms with Gasteiger partial charge in [-0.3, -0.25) is 0 Å². The standard InChI is InChI=1S/C20H20FN7O/c1-20(27(2)19(29)26-14-4-3-13(10-22)16(21)9-14)6-8-28(11-20)18-15-5-7-23-17(15)24-12-25-18/h3-5,7,9,12H,6,8,11H2,1-2H3,(H,26,29)(H,23,24,25). The molecule has 9 heteroatoms. The van der Waals surface area contributed by atoms with E-state index in [9.17, 15) is 9.18 Å². The highest BCUT2D eigenvalue weighted by atomic mass is 19.1. The summed E-state index contributed by atoms with van der Waals surface area (Å²) in [6, 6.07) is 7.38. The van der Waals surface area contributed by atoms with Gasteiger partial charge in [-0.25, -0.2) is 19.2 Å². The first-order valence-corrected chi connectivity index (χ1v) is 9.19. The molecule has 2 aromatic heterocycles. The Kier molecular flexibility index (Phi) is 4.54. The lowest BCUT2D eigenvalue weighted by Crippen LogP contribution is -2.50. The Bertz CT molecular complexity index is 1120. The molecule has 3 heterocycles. The minimum atomic E-state index is -0.662. The molecule has 2 N–H and O–H groups in total. The van der Waals surface area contributed by atoms with Crippen molar-refractivity contribution in [1.82, 2.24) is 19.9 Å². The summed E-state index contributed by atoms with van der Waals surface area (Å²) in [5.41, 5.74) is 0.595. The number of amides is 2. The van der Waals surface area contributed by atoms with Crippen LogP contribution in [0.2, 0.25) is 0 Å².